The highest BCUT2D eigenvalue weighted by molar-refractivity contribution is 6.04. The van der Waals surface area contributed by atoms with E-state index in [0.29, 0.717) is 35.6 Å². The number of ether oxygens (including phenoxy) is 1. The summed E-state index contributed by atoms with van der Waals surface area (Å²) < 4.78 is 5.45. The van der Waals surface area contributed by atoms with Gasteiger partial charge in [-0.3, -0.25) is 4.90 Å². The molecule has 1 atom stereocenters. The van der Waals surface area contributed by atoms with Crippen molar-refractivity contribution in [2.45, 2.75) is 32.9 Å². The first-order valence-corrected chi connectivity index (χ1v) is 12.7. The van der Waals surface area contributed by atoms with Gasteiger partial charge >= 0.3 is 18.0 Å². The maximum Gasteiger partial charge on any atom is 0.338 e. The van der Waals surface area contributed by atoms with Gasteiger partial charge < -0.3 is 20.7 Å². The van der Waals surface area contributed by atoms with E-state index < -0.39 is 12.0 Å². The quantitative estimate of drug-likeness (QED) is 0.332. The van der Waals surface area contributed by atoms with Gasteiger partial charge in [-0.15, -0.1) is 0 Å². The van der Waals surface area contributed by atoms with Crippen LogP contribution in [0.2, 0.25) is 0 Å². The number of anilines is 1. The summed E-state index contributed by atoms with van der Waals surface area (Å²) in [4.78, 5) is 40.5. The number of carbonyl (C=O) groups excluding carboxylic acids is 3. The molecule has 0 aliphatic carbocycles. The predicted molar refractivity (Wildman–Crippen MR) is 147 cm³/mol. The molecule has 3 N–H and O–H groups in total. The molecule has 0 fully saturated rings. The van der Waals surface area contributed by atoms with Crippen molar-refractivity contribution in [3.63, 3.8) is 0 Å². The summed E-state index contributed by atoms with van der Waals surface area (Å²) in [5, 5.41) is 8.63. The smallest absolute Gasteiger partial charge is 0.338 e. The number of nitrogens with zero attached hydrogens (tertiary/aromatic N) is 1. The Morgan fingerprint density at radius 1 is 0.921 bits per heavy atom. The van der Waals surface area contributed by atoms with E-state index in [1.807, 2.05) is 67.6 Å². The van der Waals surface area contributed by atoms with Crippen molar-refractivity contribution in [2.75, 3.05) is 18.5 Å². The summed E-state index contributed by atoms with van der Waals surface area (Å²) in [6, 6.07) is 24.8. The lowest BCUT2D eigenvalue weighted by molar-refractivity contribution is -0.138. The Labute approximate surface area is 222 Å². The molecule has 4 rings (SSSR count). The fraction of sp³-hybridized carbons (Fsp3) is 0.233. The van der Waals surface area contributed by atoms with E-state index in [2.05, 4.69) is 16.0 Å². The molecule has 4 amide bonds. The van der Waals surface area contributed by atoms with Crippen molar-refractivity contribution in [1.29, 1.82) is 0 Å². The monoisotopic (exact) mass is 512 g/mol. The number of esters is 1. The van der Waals surface area contributed by atoms with Gasteiger partial charge in [-0.05, 0) is 42.2 Å². The lowest BCUT2D eigenvalue weighted by Gasteiger charge is -2.36. The summed E-state index contributed by atoms with van der Waals surface area (Å²) in [6.07, 6.45) is 0.719. The van der Waals surface area contributed by atoms with E-state index in [-0.39, 0.29) is 18.7 Å². The molecular weight excluding hydrogens is 480 g/mol. The average molecular weight is 513 g/mol. The van der Waals surface area contributed by atoms with E-state index in [9.17, 15) is 14.4 Å². The molecule has 3 aromatic rings. The predicted octanol–water partition coefficient (Wildman–Crippen LogP) is 5.46. The van der Waals surface area contributed by atoms with Crippen LogP contribution in [0.25, 0.3) is 5.70 Å². The third-order valence-electron chi connectivity index (χ3n) is 6.11. The largest absolute Gasteiger partial charge is 0.463 e. The number of rotatable bonds is 9. The lowest BCUT2D eigenvalue weighted by Crippen LogP contribution is -2.48. The molecule has 1 unspecified atom stereocenters. The molecule has 38 heavy (non-hydrogen) atoms. The molecule has 1 heterocycles. The van der Waals surface area contributed by atoms with Gasteiger partial charge in [0, 0.05) is 18.8 Å². The van der Waals surface area contributed by atoms with Gasteiger partial charge in [-0.25, -0.2) is 14.4 Å². The Hall–Kier alpha value is -4.59. The van der Waals surface area contributed by atoms with Gasteiger partial charge in [0.15, 0.2) is 0 Å². The van der Waals surface area contributed by atoms with Crippen LogP contribution in [-0.4, -0.2) is 36.1 Å². The van der Waals surface area contributed by atoms with Crippen LogP contribution in [0.5, 0.6) is 0 Å². The minimum atomic E-state index is -0.717. The Morgan fingerprint density at radius 2 is 1.58 bits per heavy atom. The fourth-order valence-electron chi connectivity index (χ4n) is 4.39. The Kier molecular flexibility index (Phi) is 8.77. The number of benzene rings is 3. The van der Waals surface area contributed by atoms with Gasteiger partial charge in [-0.1, -0.05) is 79.7 Å². The van der Waals surface area contributed by atoms with E-state index >= 15 is 0 Å². The molecule has 1 aliphatic rings. The zero-order valence-electron chi connectivity index (χ0n) is 21.6. The number of urea groups is 2. The molecule has 8 heteroatoms. The van der Waals surface area contributed by atoms with Crippen molar-refractivity contribution in [3.8, 4) is 0 Å². The first kappa shape index (κ1) is 26.5. The molecule has 0 bridgehead atoms. The molecule has 0 saturated carbocycles. The molecule has 8 nitrogen and oxygen atoms in total. The molecule has 0 aromatic heterocycles. The van der Waals surface area contributed by atoms with Crippen molar-refractivity contribution < 1.29 is 19.1 Å². The van der Waals surface area contributed by atoms with E-state index in [1.165, 1.54) is 0 Å². The molecular formula is C30H32N4O4. The molecule has 196 valence electrons. The van der Waals surface area contributed by atoms with Crippen LogP contribution in [0, 0.1) is 0 Å². The summed E-state index contributed by atoms with van der Waals surface area (Å²) in [6.45, 7) is 4.80. The van der Waals surface area contributed by atoms with Crippen molar-refractivity contribution in [2.24, 2.45) is 0 Å². The van der Waals surface area contributed by atoms with Crippen LogP contribution in [0.1, 0.15) is 43.0 Å². The van der Waals surface area contributed by atoms with E-state index in [1.54, 1.807) is 36.1 Å². The zero-order chi connectivity index (χ0) is 26.9. The Balaban J connectivity index is 1.62. The second-order valence-corrected chi connectivity index (χ2v) is 8.80. The lowest BCUT2D eigenvalue weighted by atomic mass is 9.91. The summed E-state index contributed by atoms with van der Waals surface area (Å²) in [5.74, 6) is -0.486. The molecule has 0 saturated heterocycles. The normalized spacial score (nSPS) is 15.1. The molecule has 1 aliphatic heterocycles. The molecule has 3 aromatic carbocycles. The number of hydrogen-bond donors (Lipinski definition) is 3. The Bertz CT molecular complexity index is 1290. The van der Waals surface area contributed by atoms with Crippen LogP contribution in [-0.2, 0) is 16.1 Å². The van der Waals surface area contributed by atoms with Crippen LogP contribution < -0.4 is 16.0 Å². The van der Waals surface area contributed by atoms with Gasteiger partial charge in [-0.2, -0.15) is 0 Å². The summed E-state index contributed by atoms with van der Waals surface area (Å²) >= 11 is 0. The van der Waals surface area contributed by atoms with E-state index in [0.717, 1.165) is 17.5 Å². The zero-order valence-corrected chi connectivity index (χ0v) is 21.6. The second kappa shape index (κ2) is 12.6. The third kappa shape index (κ3) is 6.21. The Morgan fingerprint density at radius 3 is 2.21 bits per heavy atom. The highest BCUT2D eigenvalue weighted by Crippen LogP contribution is 2.37. The first-order chi connectivity index (χ1) is 18.5. The highest BCUT2D eigenvalue weighted by Gasteiger charge is 2.38. The highest BCUT2D eigenvalue weighted by atomic mass is 16.5. The van der Waals surface area contributed by atoms with Crippen LogP contribution in [0.4, 0.5) is 15.3 Å². The first-order valence-electron chi connectivity index (χ1n) is 12.7. The van der Waals surface area contributed by atoms with Crippen molar-refractivity contribution in [3.05, 3.63) is 107 Å². The number of hydrogen-bond acceptors (Lipinski definition) is 4. The minimum Gasteiger partial charge on any atom is -0.463 e. The fourth-order valence-corrected chi connectivity index (χ4v) is 4.39. The summed E-state index contributed by atoms with van der Waals surface area (Å²) in [5.41, 5.74) is 3.95. The van der Waals surface area contributed by atoms with Crippen LogP contribution in [0.15, 0.2) is 90.5 Å². The van der Waals surface area contributed by atoms with Gasteiger partial charge in [0.2, 0.25) is 0 Å². The van der Waals surface area contributed by atoms with E-state index in [4.69, 9.17) is 4.74 Å². The molecule has 0 radical (unpaired) electrons. The summed E-state index contributed by atoms with van der Waals surface area (Å²) in [7, 11) is 0. The van der Waals surface area contributed by atoms with Crippen LogP contribution in [0.3, 0.4) is 0 Å². The van der Waals surface area contributed by atoms with Crippen molar-refractivity contribution >= 4 is 29.4 Å². The minimum absolute atomic E-state index is 0.208. The maximum absolute atomic E-state index is 13.3. The maximum atomic E-state index is 13.3. The SMILES string of the molecule is CCCN1C(=O)NC(c2ccc(NC(=O)NCc3ccccc3)cc2)C(C(=O)OCC)=C1c1ccccc1. The van der Waals surface area contributed by atoms with Gasteiger partial charge in [0.05, 0.1) is 23.9 Å². The third-order valence-corrected chi connectivity index (χ3v) is 6.11. The topological polar surface area (TPSA) is 99.8 Å². The number of nitrogens with one attached hydrogen (secondary N) is 3. The average Bonchev–Trinajstić information content (AvgIpc) is 2.94. The number of carbonyl (C=O) groups is 3. The number of amides is 4. The van der Waals surface area contributed by atoms with Gasteiger partial charge in [0.1, 0.15) is 0 Å². The molecule has 0 spiro atoms. The van der Waals surface area contributed by atoms with Gasteiger partial charge in [0.25, 0.3) is 0 Å². The second-order valence-electron chi connectivity index (χ2n) is 8.80. The van der Waals surface area contributed by atoms with Crippen LogP contribution >= 0.6 is 0 Å². The van der Waals surface area contributed by atoms with Crippen molar-refractivity contribution in [1.82, 2.24) is 15.5 Å². The standard InChI is InChI=1S/C30H32N4O4/c1-3-19-34-27(23-13-9-6-10-14-23)25(28(35)38-4-2)26(33-30(34)37)22-15-17-24(18-16-22)32-29(36)31-20-21-11-7-5-8-12-21/h5-18,26H,3-4,19-20H2,1-2H3,(H,33,37)(H2,31,32,36).